The lowest BCUT2D eigenvalue weighted by molar-refractivity contribution is -0.122. The van der Waals surface area contributed by atoms with Gasteiger partial charge in [-0.05, 0) is 67.9 Å². The van der Waals surface area contributed by atoms with Crippen LogP contribution in [0.1, 0.15) is 18.4 Å². The highest BCUT2D eigenvalue weighted by atomic mass is 35.5. The summed E-state index contributed by atoms with van der Waals surface area (Å²) in [6.07, 6.45) is 2.80. The molecule has 0 radical (unpaired) electrons. The monoisotopic (exact) mass is 540 g/mol. The molecule has 1 saturated heterocycles. The second-order valence-electron chi connectivity index (χ2n) is 8.88. The third-order valence-electron chi connectivity index (χ3n) is 6.07. The topological polar surface area (TPSA) is 82.7 Å². The zero-order valence-electron chi connectivity index (χ0n) is 20.4. The average Bonchev–Trinajstić information content (AvgIpc) is 3.41. The van der Waals surface area contributed by atoms with E-state index in [4.69, 9.17) is 27.9 Å². The van der Waals surface area contributed by atoms with Crippen molar-refractivity contribution in [3.63, 3.8) is 0 Å². The number of nitrogens with one attached hydrogen (secondary N) is 3. The van der Waals surface area contributed by atoms with E-state index in [9.17, 15) is 9.59 Å². The van der Waals surface area contributed by atoms with E-state index in [1.807, 2.05) is 30.3 Å². The molecule has 9 heteroatoms. The molecule has 1 fully saturated rings. The third kappa shape index (κ3) is 8.39. The zero-order chi connectivity index (χ0) is 26.0. The summed E-state index contributed by atoms with van der Waals surface area (Å²) >= 11 is 12.0. The highest BCUT2D eigenvalue weighted by Gasteiger charge is 2.22. The quantitative estimate of drug-likeness (QED) is 0.306. The standard InChI is InChI=1S/C28H30Cl2N4O3/c29-24-13-12-23(19-25(24)30)37-22-10-8-21(9-11-22)32-28(36)33-26(18-20-6-2-1-3-7-20)27(35)31-14-17-34-15-4-5-16-34/h1-3,6-13,19,26H,4-5,14-18H2,(H,31,35)(H2,32,33,36). The van der Waals surface area contributed by atoms with E-state index in [1.54, 1.807) is 42.5 Å². The fourth-order valence-electron chi connectivity index (χ4n) is 4.13. The van der Waals surface area contributed by atoms with Gasteiger partial charge in [-0.25, -0.2) is 4.79 Å². The predicted molar refractivity (Wildman–Crippen MR) is 148 cm³/mol. The number of hydrogen-bond acceptors (Lipinski definition) is 4. The summed E-state index contributed by atoms with van der Waals surface area (Å²) in [6.45, 7) is 3.50. The number of amides is 3. The number of ether oxygens (including phenoxy) is 1. The van der Waals surface area contributed by atoms with Crippen molar-refractivity contribution in [3.05, 3.63) is 88.4 Å². The molecule has 37 heavy (non-hydrogen) atoms. The van der Waals surface area contributed by atoms with Crippen LogP contribution in [0.3, 0.4) is 0 Å². The SMILES string of the molecule is O=C(Nc1ccc(Oc2ccc(Cl)c(Cl)c2)cc1)NC(Cc1ccccc1)C(=O)NCCN1CCCC1. The third-order valence-corrected chi connectivity index (χ3v) is 6.81. The van der Waals surface area contributed by atoms with E-state index < -0.39 is 12.1 Å². The average molecular weight is 541 g/mol. The summed E-state index contributed by atoms with van der Waals surface area (Å²) in [5, 5.41) is 9.44. The van der Waals surface area contributed by atoms with Crippen molar-refractivity contribution in [2.24, 2.45) is 0 Å². The van der Waals surface area contributed by atoms with Crippen molar-refractivity contribution in [1.82, 2.24) is 15.5 Å². The van der Waals surface area contributed by atoms with Gasteiger partial charge in [-0.2, -0.15) is 0 Å². The molecule has 1 aliphatic heterocycles. The van der Waals surface area contributed by atoms with Gasteiger partial charge >= 0.3 is 6.03 Å². The van der Waals surface area contributed by atoms with Gasteiger partial charge in [0.25, 0.3) is 0 Å². The van der Waals surface area contributed by atoms with Gasteiger partial charge in [-0.3, -0.25) is 4.79 Å². The second kappa shape index (κ2) is 13.3. The zero-order valence-corrected chi connectivity index (χ0v) is 21.9. The highest BCUT2D eigenvalue weighted by molar-refractivity contribution is 6.42. The number of hydrogen-bond donors (Lipinski definition) is 3. The number of likely N-dealkylation sites (tertiary alicyclic amines) is 1. The van der Waals surface area contributed by atoms with Gasteiger partial charge in [-0.1, -0.05) is 53.5 Å². The summed E-state index contributed by atoms with van der Waals surface area (Å²) < 4.78 is 5.78. The molecule has 3 aromatic rings. The number of benzene rings is 3. The van der Waals surface area contributed by atoms with Gasteiger partial charge in [0, 0.05) is 31.3 Å². The fourth-order valence-corrected chi connectivity index (χ4v) is 4.42. The number of anilines is 1. The van der Waals surface area contributed by atoms with Crippen LogP contribution in [0.5, 0.6) is 11.5 Å². The molecule has 7 nitrogen and oxygen atoms in total. The van der Waals surface area contributed by atoms with Crippen LogP contribution in [0.4, 0.5) is 10.5 Å². The van der Waals surface area contributed by atoms with Crippen molar-refractivity contribution in [2.45, 2.75) is 25.3 Å². The minimum atomic E-state index is -0.710. The Morgan fingerprint density at radius 3 is 2.30 bits per heavy atom. The minimum Gasteiger partial charge on any atom is -0.457 e. The molecule has 3 aromatic carbocycles. The Kier molecular flexibility index (Phi) is 9.65. The molecule has 3 amide bonds. The summed E-state index contributed by atoms with van der Waals surface area (Å²) in [7, 11) is 0. The van der Waals surface area contributed by atoms with Crippen LogP contribution in [0, 0.1) is 0 Å². The van der Waals surface area contributed by atoms with E-state index in [0.29, 0.717) is 40.2 Å². The van der Waals surface area contributed by atoms with E-state index in [0.717, 1.165) is 25.2 Å². The molecule has 4 rings (SSSR count). The smallest absolute Gasteiger partial charge is 0.319 e. The van der Waals surface area contributed by atoms with Gasteiger partial charge in [-0.15, -0.1) is 0 Å². The first kappa shape index (κ1) is 26.8. The maximum Gasteiger partial charge on any atom is 0.319 e. The van der Waals surface area contributed by atoms with E-state index in [2.05, 4.69) is 20.9 Å². The molecule has 1 unspecified atom stereocenters. The Balaban J connectivity index is 1.33. The molecule has 194 valence electrons. The number of halogens is 2. The van der Waals surface area contributed by atoms with Crippen LogP contribution in [0.15, 0.2) is 72.8 Å². The lowest BCUT2D eigenvalue weighted by atomic mass is 10.1. The lowest BCUT2D eigenvalue weighted by Crippen LogP contribution is -2.50. The van der Waals surface area contributed by atoms with Crippen molar-refractivity contribution < 1.29 is 14.3 Å². The molecular formula is C28H30Cl2N4O3. The molecule has 0 bridgehead atoms. The molecule has 1 heterocycles. The Bertz CT molecular complexity index is 1190. The summed E-state index contributed by atoms with van der Waals surface area (Å²) in [6, 6.07) is 20.4. The van der Waals surface area contributed by atoms with Gasteiger partial charge < -0.3 is 25.6 Å². The first-order valence-corrected chi connectivity index (χ1v) is 13.1. The van der Waals surface area contributed by atoms with Gasteiger partial charge in [0.15, 0.2) is 0 Å². The van der Waals surface area contributed by atoms with Gasteiger partial charge in [0.2, 0.25) is 5.91 Å². The van der Waals surface area contributed by atoms with Crippen molar-refractivity contribution in [1.29, 1.82) is 0 Å². The molecule has 0 aliphatic carbocycles. The van der Waals surface area contributed by atoms with E-state index in [-0.39, 0.29) is 5.91 Å². The molecular weight excluding hydrogens is 511 g/mol. The Morgan fingerprint density at radius 2 is 1.59 bits per heavy atom. The summed E-state index contributed by atoms with van der Waals surface area (Å²) in [5.41, 5.74) is 1.53. The first-order valence-electron chi connectivity index (χ1n) is 12.3. The van der Waals surface area contributed by atoms with Crippen molar-refractivity contribution in [2.75, 3.05) is 31.5 Å². The first-order chi connectivity index (χ1) is 18.0. The normalized spacial score (nSPS) is 14.1. The Labute approximate surface area is 227 Å². The second-order valence-corrected chi connectivity index (χ2v) is 9.70. The largest absolute Gasteiger partial charge is 0.457 e. The van der Waals surface area contributed by atoms with Crippen molar-refractivity contribution in [3.8, 4) is 11.5 Å². The predicted octanol–water partition coefficient (Wildman–Crippen LogP) is 5.73. The van der Waals surface area contributed by atoms with Gasteiger partial charge in [0.1, 0.15) is 17.5 Å². The van der Waals surface area contributed by atoms with E-state index >= 15 is 0 Å². The van der Waals surface area contributed by atoms with Crippen LogP contribution >= 0.6 is 23.2 Å². The minimum absolute atomic E-state index is 0.205. The molecule has 0 aromatic heterocycles. The van der Waals surface area contributed by atoms with Crippen LogP contribution in [0.25, 0.3) is 0 Å². The molecule has 1 aliphatic rings. The summed E-state index contributed by atoms with van der Waals surface area (Å²) in [4.78, 5) is 28.1. The number of urea groups is 1. The maximum absolute atomic E-state index is 13.0. The fraction of sp³-hybridized carbons (Fsp3) is 0.286. The maximum atomic E-state index is 13.0. The van der Waals surface area contributed by atoms with Crippen LogP contribution < -0.4 is 20.7 Å². The molecule has 0 spiro atoms. The van der Waals surface area contributed by atoms with Crippen LogP contribution in [0.2, 0.25) is 10.0 Å². The molecule has 1 atom stereocenters. The number of carbonyl (C=O) groups is 2. The number of carbonyl (C=O) groups excluding carboxylic acids is 2. The number of nitrogens with zero attached hydrogens (tertiary/aromatic N) is 1. The van der Waals surface area contributed by atoms with Crippen LogP contribution in [-0.4, -0.2) is 49.1 Å². The van der Waals surface area contributed by atoms with Crippen molar-refractivity contribution >= 4 is 40.8 Å². The number of rotatable bonds is 10. The Hall–Kier alpha value is -3.26. The molecule has 3 N–H and O–H groups in total. The van der Waals surface area contributed by atoms with E-state index in [1.165, 1.54) is 12.8 Å². The lowest BCUT2D eigenvalue weighted by Gasteiger charge is -2.20. The Morgan fingerprint density at radius 1 is 0.892 bits per heavy atom. The van der Waals surface area contributed by atoms with Crippen LogP contribution in [-0.2, 0) is 11.2 Å². The molecule has 0 saturated carbocycles. The highest BCUT2D eigenvalue weighted by Crippen LogP contribution is 2.29. The van der Waals surface area contributed by atoms with Gasteiger partial charge in [0.05, 0.1) is 10.0 Å². The summed E-state index contributed by atoms with van der Waals surface area (Å²) in [5.74, 6) is 0.916.